The van der Waals surface area contributed by atoms with E-state index in [1.807, 2.05) is 48.5 Å². The molecule has 12 heteroatoms. The Kier molecular flexibility index (Phi) is 11.0. The predicted molar refractivity (Wildman–Crippen MR) is 165 cm³/mol. The van der Waals surface area contributed by atoms with Gasteiger partial charge in [0, 0.05) is 19.0 Å². The third-order valence-corrected chi connectivity index (χ3v) is 7.81. The standard InChI is InChI=1S/C33H42N4O8/c1-33(2,3)45-32(43)34-17-9-8-15-26(30(40)41)36-29(39)27-16-10-18-37(27)28(38)19-35-31(42)44-20-25-23-13-6-4-11-21(23)22-12-5-7-14-24(22)25/h4-7,11-14,25-27H,8-10,15-20H2,1-3H3,(H,34,43)(H,35,42)(H,36,39)(H,40,41)/t26-,27-/m0/s1. The summed E-state index contributed by atoms with van der Waals surface area (Å²) in [4.78, 5) is 63.5. The lowest BCUT2D eigenvalue weighted by molar-refractivity contribution is -0.143. The van der Waals surface area contributed by atoms with Crippen LogP contribution in [0.3, 0.4) is 0 Å². The average molecular weight is 623 g/mol. The van der Waals surface area contributed by atoms with Crippen molar-refractivity contribution in [3.8, 4) is 11.1 Å². The summed E-state index contributed by atoms with van der Waals surface area (Å²) in [5, 5.41) is 17.3. The highest BCUT2D eigenvalue weighted by Crippen LogP contribution is 2.44. The minimum absolute atomic E-state index is 0.108. The van der Waals surface area contributed by atoms with Crippen LogP contribution in [0.5, 0.6) is 0 Å². The molecule has 4 amide bonds. The first kappa shape index (κ1) is 33.3. The minimum atomic E-state index is -1.18. The molecular weight excluding hydrogens is 580 g/mol. The van der Waals surface area contributed by atoms with Crippen LogP contribution in [0.1, 0.15) is 69.9 Å². The number of fused-ring (bicyclic) bond motifs is 3. The van der Waals surface area contributed by atoms with Gasteiger partial charge in [0.05, 0.1) is 0 Å². The molecule has 45 heavy (non-hydrogen) atoms. The largest absolute Gasteiger partial charge is 0.480 e. The fourth-order valence-electron chi connectivity index (χ4n) is 5.74. The monoisotopic (exact) mass is 622 g/mol. The maximum atomic E-state index is 13.0. The van der Waals surface area contributed by atoms with Crippen LogP contribution in [0.4, 0.5) is 9.59 Å². The minimum Gasteiger partial charge on any atom is -0.480 e. The van der Waals surface area contributed by atoms with Crippen molar-refractivity contribution < 1.29 is 38.6 Å². The zero-order valence-corrected chi connectivity index (χ0v) is 26.0. The Morgan fingerprint density at radius 1 is 0.933 bits per heavy atom. The molecule has 1 heterocycles. The number of alkyl carbamates (subject to hydrolysis) is 2. The van der Waals surface area contributed by atoms with Crippen molar-refractivity contribution >= 4 is 30.0 Å². The Morgan fingerprint density at radius 2 is 1.58 bits per heavy atom. The summed E-state index contributed by atoms with van der Waals surface area (Å²) >= 11 is 0. The van der Waals surface area contributed by atoms with Gasteiger partial charge in [-0.15, -0.1) is 0 Å². The molecule has 2 aromatic rings. The molecule has 1 fully saturated rings. The zero-order chi connectivity index (χ0) is 32.6. The van der Waals surface area contributed by atoms with Gasteiger partial charge in [0.25, 0.3) is 0 Å². The van der Waals surface area contributed by atoms with Crippen LogP contribution in [-0.4, -0.2) is 83.9 Å². The van der Waals surface area contributed by atoms with Crippen LogP contribution in [-0.2, 0) is 23.9 Å². The number of nitrogens with one attached hydrogen (secondary N) is 3. The average Bonchev–Trinajstić information content (AvgIpc) is 3.61. The molecule has 1 saturated heterocycles. The molecule has 2 aromatic carbocycles. The molecule has 1 aliphatic carbocycles. The maximum Gasteiger partial charge on any atom is 0.407 e. The number of hydrogen-bond acceptors (Lipinski definition) is 7. The number of likely N-dealkylation sites (tertiary alicyclic amines) is 1. The van der Waals surface area contributed by atoms with Crippen molar-refractivity contribution in [2.45, 2.75) is 76.5 Å². The van der Waals surface area contributed by atoms with E-state index in [0.29, 0.717) is 38.8 Å². The molecule has 0 bridgehead atoms. The van der Waals surface area contributed by atoms with Crippen molar-refractivity contribution in [3.63, 3.8) is 0 Å². The summed E-state index contributed by atoms with van der Waals surface area (Å²) in [6.45, 7) is 5.64. The second kappa shape index (κ2) is 14.9. The molecule has 12 nitrogen and oxygen atoms in total. The SMILES string of the molecule is CC(C)(C)OC(=O)NCCCC[C@H](NC(=O)[C@@H]1CCCN1C(=O)CNC(=O)OCC1c2ccccc2-c2ccccc21)C(=O)O. The van der Waals surface area contributed by atoms with E-state index >= 15 is 0 Å². The molecule has 1 aliphatic heterocycles. The predicted octanol–water partition coefficient (Wildman–Crippen LogP) is 3.78. The van der Waals surface area contributed by atoms with Crippen molar-refractivity contribution in [3.05, 3.63) is 59.7 Å². The highest BCUT2D eigenvalue weighted by atomic mass is 16.6. The van der Waals surface area contributed by atoms with Gasteiger partial charge in [-0.25, -0.2) is 14.4 Å². The number of carbonyl (C=O) groups excluding carboxylic acids is 4. The molecule has 2 aliphatic rings. The lowest BCUT2D eigenvalue weighted by atomic mass is 9.98. The Labute approximate surface area is 262 Å². The highest BCUT2D eigenvalue weighted by Gasteiger charge is 2.36. The van der Waals surface area contributed by atoms with Gasteiger partial charge in [-0.1, -0.05) is 48.5 Å². The fraction of sp³-hybridized carbons (Fsp3) is 0.485. The molecule has 0 saturated carbocycles. The Balaban J connectivity index is 1.21. The summed E-state index contributed by atoms with van der Waals surface area (Å²) in [5.74, 6) is -2.31. The Hall–Kier alpha value is -4.61. The number of carboxylic acid groups (broad SMARTS) is 1. The van der Waals surface area contributed by atoms with Crippen LogP contribution in [0.15, 0.2) is 48.5 Å². The topological polar surface area (TPSA) is 163 Å². The number of aliphatic carboxylic acids is 1. The van der Waals surface area contributed by atoms with Crippen molar-refractivity contribution in [2.24, 2.45) is 0 Å². The zero-order valence-electron chi connectivity index (χ0n) is 26.0. The number of unbranched alkanes of at least 4 members (excludes halogenated alkanes) is 1. The van der Waals surface area contributed by atoms with E-state index in [1.54, 1.807) is 20.8 Å². The quantitative estimate of drug-likeness (QED) is 0.260. The molecule has 0 radical (unpaired) electrons. The Morgan fingerprint density at radius 3 is 2.20 bits per heavy atom. The van der Waals surface area contributed by atoms with E-state index < -0.39 is 47.7 Å². The summed E-state index contributed by atoms with van der Waals surface area (Å²) < 4.78 is 10.7. The number of amides is 4. The maximum absolute atomic E-state index is 13.0. The smallest absolute Gasteiger partial charge is 0.407 e. The van der Waals surface area contributed by atoms with Gasteiger partial charge in [0.2, 0.25) is 11.8 Å². The van der Waals surface area contributed by atoms with E-state index in [1.165, 1.54) is 4.90 Å². The molecule has 0 aromatic heterocycles. The van der Waals surface area contributed by atoms with Gasteiger partial charge in [-0.2, -0.15) is 0 Å². The molecular formula is C33H42N4O8. The van der Waals surface area contributed by atoms with Crippen LogP contribution in [0.2, 0.25) is 0 Å². The fourth-order valence-corrected chi connectivity index (χ4v) is 5.74. The number of ether oxygens (including phenoxy) is 2. The van der Waals surface area contributed by atoms with E-state index in [9.17, 15) is 29.1 Å². The summed E-state index contributed by atoms with van der Waals surface area (Å²) in [7, 11) is 0. The number of hydrogen-bond donors (Lipinski definition) is 4. The van der Waals surface area contributed by atoms with Gasteiger partial charge in [0.15, 0.2) is 0 Å². The van der Waals surface area contributed by atoms with E-state index in [2.05, 4.69) is 16.0 Å². The molecule has 242 valence electrons. The van der Waals surface area contributed by atoms with Crippen LogP contribution in [0, 0.1) is 0 Å². The van der Waals surface area contributed by atoms with E-state index in [4.69, 9.17) is 9.47 Å². The number of nitrogens with zero attached hydrogens (tertiary/aromatic N) is 1. The third-order valence-electron chi connectivity index (χ3n) is 7.81. The number of rotatable bonds is 12. The van der Waals surface area contributed by atoms with Crippen LogP contribution < -0.4 is 16.0 Å². The molecule has 4 rings (SSSR count). The first-order valence-corrected chi connectivity index (χ1v) is 15.3. The number of benzene rings is 2. The second-order valence-corrected chi connectivity index (χ2v) is 12.2. The lowest BCUT2D eigenvalue weighted by Gasteiger charge is -2.25. The van der Waals surface area contributed by atoms with Gasteiger partial charge >= 0.3 is 18.2 Å². The van der Waals surface area contributed by atoms with Gasteiger partial charge in [-0.3, -0.25) is 9.59 Å². The van der Waals surface area contributed by atoms with Crippen LogP contribution in [0.25, 0.3) is 11.1 Å². The normalized spacial score (nSPS) is 16.2. The van der Waals surface area contributed by atoms with Crippen molar-refractivity contribution in [1.82, 2.24) is 20.9 Å². The van der Waals surface area contributed by atoms with Gasteiger partial charge < -0.3 is 35.4 Å². The lowest BCUT2D eigenvalue weighted by Crippen LogP contribution is -2.52. The van der Waals surface area contributed by atoms with Gasteiger partial charge in [0.1, 0.15) is 30.8 Å². The molecule has 2 atom stereocenters. The first-order chi connectivity index (χ1) is 21.4. The highest BCUT2D eigenvalue weighted by molar-refractivity contribution is 5.92. The molecule has 0 unspecified atom stereocenters. The van der Waals surface area contributed by atoms with Crippen molar-refractivity contribution in [2.75, 3.05) is 26.2 Å². The summed E-state index contributed by atoms with van der Waals surface area (Å²) in [6, 6.07) is 14.0. The van der Waals surface area contributed by atoms with Crippen LogP contribution >= 0.6 is 0 Å². The first-order valence-electron chi connectivity index (χ1n) is 15.3. The number of carbonyl (C=O) groups is 5. The molecule has 0 spiro atoms. The second-order valence-electron chi connectivity index (χ2n) is 12.2. The Bertz CT molecular complexity index is 1360. The van der Waals surface area contributed by atoms with Crippen molar-refractivity contribution in [1.29, 1.82) is 0 Å². The number of carboxylic acids is 1. The van der Waals surface area contributed by atoms with E-state index in [-0.39, 0.29) is 25.5 Å². The summed E-state index contributed by atoms with van der Waals surface area (Å²) in [6.07, 6.45) is 0.750. The summed E-state index contributed by atoms with van der Waals surface area (Å²) in [5.41, 5.74) is 3.75. The molecule has 4 N–H and O–H groups in total. The van der Waals surface area contributed by atoms with E-state index in [0.717, 1.165) is 22.3 Å². The third kappa shape index (κ3) is 8.96. The van der Waals surface area contributed by atoms with Gasteiger partial charge in [-0.05, 0) is 75.1 Å².